The molecule has 2 rings (SSSR count). The van der Waals surface area contributed by atoms with Crippen molar-refractivity contribution < 1.29 is 4.79 Å². The molecule has 6 heteroatoms. The summed E-state index contributed by atoms with van der Waals surface area (Å²) < 4.78 is 2.80. The summed E-state index contributed by atoms with van der Waals surface area (Å²) in [6.07, 6.45) is 3.49. The molecule has 0 spiro atoms. The van der Waals surface area contributed by atoms with Gasteiger partial charge in [-0.25, -0.2) is 0 Å². The van der Waals surface area contributed by atoms with E-state index in [9.17, 15) is 4.79 Å². The number of thiophene rings is 1. The first-order valence-corrected chi connectivity index (χ1v) is 7.19. The summed E-state index contributed by atoms with van der Waals surface area (Å²) in [7, 11) is 0. The van der Waals surface area contributed by atoms with Crippen molar-refractivity contribution in [2.45, 2.75) is 26.8 Å². The Labute approximate surface area is 118 Å². The van der Waals surface area contributed by atoms with E-state index in [1.54, 1.807) is 6.20 Å². The van der Waals surface area contributed by atoms with Gasteiger partial charge in [-0.2, -0.15) is 5.10 Å². The van der Waals surface area contributed by atoms with Crippen LogP contribution < -0.4 is 5.32 Å². The number of halogens is 1. The predicted octanol–water partition coefficient (Wildman–Crippen LogP) is 3.85. The number of nitrogens with one attached hydrogen (secondary N) is 1. The quantitative estimate of drug-likeness (QED) is 0.930. The van der Waals surface area contributed by atoms with Crippen LogP contribution in [0.2, 0.25) is 0 Å². The number of aromatic nitrogens is 2. The average Bonchev–Trinajstić information content (AvgIpc) is 2.87. The van der Waals surface area contributed by atoms with Crippen molar-refractivity contribution in [2.24, 2.45) is 0 Å². The number of rotatable bonds is 3. The smallest absolute Gasteiger partial charge is 0.265 e. The minimum absolute atomic E-state index is 0.0999. The zero-order valence-corrected chi connectivity index (χ0v) is 12.8. The second kappa shape index (κ2) is 5.24. The second-order valence-corrected chi connectivity index (χ2v) is 6.69. The van der Waals surface area contributed by atoms with Crippen molar-refractivity contribution in [3.05, 3.63) is 32.7 Å². The van der Waals surface area contributed by atoms with E-state index in [1.807, 2.05) is 37.7 Å². The van der Waals surface area contributed by atoms with Crippen LogP contribution in [0.15, 0.2) is 22.2 Å². The minimum atomic E-state index is -0.0999. The van der Waals surface area contributed by atoms with Gasteiger partial charge < -0.3 is 5.32 Å². The summed E-state index contributed by atoms with van der Waals surface area (Å²) >= 11 is 4.85. The molecule has 0 unspecified atom stereocenters. The number of aryl methyl sites for hydroxylation is 1. The number of hydrogen-bond donors (Lipinski definition) is 1. The first kappa shape index (κ1) is 13.3. The standard InChI is InChI=1S/C12H14BrN3OS/c1-7(2)16-6-9(5-14-16)15-12(17)10-4-8(3)11(13)18-10/h4-7H,1-3H3,(H,15,17). The van der Waals surface area contributed by atoms with Crippen LogP contribution in [0.5, 0.6) is 0 Å². The second-order valence-electron chi connectivity index (χ2n) is 4.32. The molecular formula is C12H14BrN3OS. The maximum absolute atomic E-state index is 12.0. The Morgan fingerprint density at radius 1 is 1.56 bits per heavy atom. The van der Waals surface area contributed by atoms with E-state index >= 15 is 0 Å². The fourth-order valence-corrected chi connectivity index (χ4v) is 2.88. The third-order valence-electron chi connectivity index (χ3n) is 2.47. The molecule has 0 radical (unpaired) electrons. The third-order valence-corrected chi connectivity index (χ3v) is 4.60. The molecule has 4 nitrogen and oxygen atoms in total. The molecule has 0 saturated heterocycles. The molecule has 2 aromatic rings. The van der Waals surface area contributed by atoms with Gasteiger partial charge in [-0.15, -0.1) is 11.3 Å². The Kier molecular flexibility index (Phi) is 3.87. The summed E-state index contributed by atoms with van der Waals surface area (Å²) in [6.45, 7) is 6.05. The minimum Gasteiger partial charge on any atom is -0.319 e. The molecule has 96 valence electrons. The molecule has 2 heterocycles. The maximum Gasteiger partial charge on any atom is 0.265 e. The van der Waals surface area contributed by atoms with Gasteiger partial charge in [0.1, 0.15) is 0 Å². The van der Waals surface area contributed by atoms with Gasteiger partial charge in [-0.1, -0.05) is 0 Å². The topological polar surface area (TPSA) is 46.9 Å². The molecule has 1 amide bonds. The molecule has 18 heavy (non-hydrogen) atoms. The number of carbonyl (C=O) groups excluding carboxylic acids is 1. The van der Waals surface area contributed by atoms with Gasteiger partial charge in [0.05, 0.1) is 20.5 Å². The summed E-state index contributed by atoms with van der Waals surface area (Å²) in [5.41, 5.74) is 1.79. The average molecular weight is 328 g/mol. The van der Waals surface area contributed by atoms with Crippen LogP contribution in [0.1, 0.15) is 35.1 Å². The van der Waals surface area contributed by atoms with Crippen LogP contribution in [0.3, 0.4) is 0 Å². The zero-order chi connectivity index (χ0) is 13.3. The van der Waals surface area contributed by atoms with Crippen LogP contribution in [0, 0.1) is 6.92 Å². The zero-order valence-electron chi connectivity index (χ0n) is 10.4. The summed E-state index contributed by atoms with van der Waals surface area (Å²) in [5.74, 6) is -0.0999. The summed E-state index contributed by atoms with van der Waals surface area (Å²) in [4.78, 5) is 12.7. The van der Waals surface area contributed by atoms with Crippen LogP contribution in [-0.2, 0) is 0 Å². The van der Waals surface area contributed by atoms with Gasteiger partial charge in [-0.3, -0.25) is 9.48 Å². The van der Waals surface area contributed by atoms with Crippen molar-refractivity contribution in [3.63, 3.8) is 0 Å². The van der Waals surface area contributed by atoms with E-state index in [1.165, 1.54) is 11.3 Å². The molecule has 0 aliphatic carbocycles. The van der Waals surface area contributed by atoms with E-state index in [-0.39, 0.29) is 11.9 Å². The van der Waals surface area contributed by atoms with Gasteiger partial charge in [0, 0.05) is 12.2 Å². The normalized spacial score (nSPS) is 10.9. The highest BCUT2D eigenvalue weighted by atomic mass is 79.9. The highest BCUT2D eigenvalue weighted by molar-refractivity contribution is 9.11. The van der Waals surface area contributed by atoms with E-state index in [4.69, 9.17) is 0 Å². The van der Waals surface area contributed by atoms with Gasteiger partial charge >= 0.3 is 0 Å². The Balaban J connectivity index is 2.11. The Bertz CT molecular complexity index is 554. The Morgan fingerprint density at radius 2 is 2.28 bits per heavy atom. The van der Waals surface area contributed by atoms with E-state index < -0.39 is 0 Å². The van der Waals surface area contributed by atoms with Gasteiger partial charge in [0.15, 0.2) is 0 Å². The van der Waals surface area contributed by atoms with Crippen LogP contribution in [-0.4, -0.2) is 15.7 Å². The molecule has 0 aromatic carbocycles. The van der Waals surface area contributed by atoms with Crippen molar-refractivity contribution in [2.75, 3.05) is 5.32 Å². The third kappa shape index (κ3) is 2.81. The summed E-state index contributed by atoms with van der Waals surface area (Å²) in [5, 5.41) is 7.02. The monoisotopic (exact) mass is 327 g/mol. The fourth-order valence-electron chi connectivity index (χ4n) is 1.45. The Morgan fingerprint density at radius 3 is 2.78 bits per heavy atom. The van der Waals surface area contributed by atoms with Crippen LogP contribution in [0.4, 0.5) is 5.69 Å². The van der Waals surface area contributed by atoms with Crippen LogP contribution in [0.25, 0.3) is 0 Å². The van der Waals surface area contributed by atoms with Gasteiger partial charge in [0.2, 0.25) is 0 Å². The van der Waals surface area contributed by atoms with Crippen molar-refractivity contribution in [1.82, 2.24) is 9.78 Å². The molecule has 0 aliphatic heterocycles. The lowest BCUT2D eigenvalue weighted by molar-refractivity contribution is 0.103. The lowest BCUT2D eigenvalue weighted by Crippen LogP contribution is -2.09. The SMILES string of the molecule is Cc1cc(C(=O)Nc2cnn(C(C)C)c2)sc1Br. The molecule has 0 aliphatic rings. The molecule has 0 saturated carbocycles. The highest BCUT2D eigenvalue weighted by Gasteiger charge is 2.12. The van der Waals surface area contributed by atoms with Crippen LogP contribution >= 0.6 is 27.3 Å². The molecule has 0 atom stereocenters. The fraction of sp³-hybridized carbons (Fsp3) is 0.333. The lowest BCUT2D eigenvalue weighted by atomic mass is 10.3. The molecule has 2 aromatic heterocycles. The van der Waals surface area contributed by atoms with E-state index in [0.717, 1.165) is 15.0 Å². The number of amides is 1. The van der Waals surface area contributed by atoms with E-state index in [2.05, 4.69) is 26.3 Å². The Hall–Kier alpha value is -1.14. The predicted molar refractivity (Wildman–Crippen MR) is 77.3 cm³/mol. The van der Waals surface area contributed by atoms with Gasteiger partial charge in [0.25, 0.3) is 5.91 Å². The van der Waals surface area contributed by atoms with Crippen molar-refractivity contribution in [3.8, 4) is 0 Å². The van der Waals surface area contributed by atoms with Crippen molar-refractivity contribution >= 4 is 38.9 Å². The van der Waals surface area contributed by atoms with E-state index in [0.29, 0.717) is 4.88 Å². The highest BCUT2D eigenvalue weighted by Crippen LogP contribution is 2.27. The van der Waals surface area contributed by atoms with Gasteiger partial charge in [-0.05, 0) is 48.3 Å². The van der Waals surface area contributed by atoms with Crippen molar-refractivity contribution in [1.29, 1.82) is 0 Å². The summed E-state index contributed by atoms with van der Waals surface area (Å²) in [6, 6.07) is 2.16. The number of carbonyl (C=O) groups is 1. The maximum atomic E-state index is 12.0. The molecular weight excluding hydrogens is 314 g/mol. The number of nitrogens with zero attached hydrogens (tertiary/aromatic N) is 2. The first-order chi connectivity index (χ1) is 8.47. The first-order valence-electron chi connectivity index (χ1n) is 5.59. The molecule has 0 fully saturated rings. The largest absolute Gasteiger partial charge is 0.319 e. The lowest BCUT2D eigenvalue weighted by Gasteiger charge is -2.03. The molecule has 0 bridgehead atoms. The number of anilines is 1. The number of hydrogen-bond acceptors (Lipinski definition) is 3. The molecule has 1 N–H and O–H groups in total.